The second-order valence-corrected chi connectivity index (χ2v) is 6.24. The van der Waals surface area contributed by atoms with E-state index in [9.17, 15) is 0 Å². The van der Waals surface area contributed by atoms with E-state index in [0.29, 0.717) is 5.41 Å². The van der Waals surface area contributed by atoms with Gasteiger partial charge in [-0.1, -0.05) is 30.2 Å². The number of aryl methyl sites for hydroxylation is 2. The molecule has 0 aromatic heterocycles. The van der Waals surface area contributed by atoms with E-state index in [2.05, 4.69) is 49.7 Å². The average Bonchev–Trinajstić information content (AvgIpc) is 2.33. The molecule has 1 aromatic carbocycles. The highest BCUT2D eigenvalue weighted by Crippen LogP contribution is 2.39. The molecule has 1 aliphatic carbocycles. The zero-order valence-electron chi connectivity index (χ0n) is 12.7. The first-order valence-electron chi connectivity index (χ1n) is 7.57. The molecule has 0 atom stereocenters. The van der Waals surface area contributed by atoms with E-state index in [1.54, 1.807) is 0 Å². The number of hydrogen-bond donors (Lipinski definition) is 2. The molecule has 106 valence electrons. The van der Waals surface area contributed by atoms with Crippen molar-refractivity contribution in [1.82, 2.24) is 10.6 Å². The molecule has 0 spiro atoms. The maximum Gasteiger partial charge on any atom is 0.00201 e. The highest BCUT2D eigenvalue weighted by Gasteiger charge is 2.35. The Kier molecular flexibility index (Phi) is 5.00. The molecule has 1 fully saturated rings. The van der Waals surface area contributed by atoms with Crippen molar-refractivity contribution in [2.75, 3.05) is 26.7 Å². The van der Waals surface area contributed by atoms with Gasteiger partial charge in [0, 0.05) is 13.1 Å². The van der Waals surface area contributed by atoms with Gasteiger partial charge in [-0.15, -0.1) is 0 Å². The van der Waals surface area contributed by atoms with Crippen LogP contribution >= 0.6 is 0 Å². The van der Waals surface area contributed by atoms with Crippen LogP contribution in [0.2, 0.25) is 0 Å². The molecule has 0 amide bonds. The van der Waals surface area contributed by atoms with E-state index in [1.807, 2.05) is 0 Å². The maximum atomic E-state index is 3.66. The summed E-state index contributed by atoms with van der Waals surface area (Å²) in [7, 11) is 2.07. The van der Waals surface area contributed by atoms with E-state index in [-0.39, 0.29) is 0 Å². The van der Waals surface area contributed by atoms with Crippen LogP contribution in [0.4, 0.5) is 0 Å². The van der Waals surface area contributed by atoms with E-state index in [1.165, 1.54) is 42.5 Å². The lowest BCUT2D eigenvalue weighted by Crippen LogP contribution is -2.46. The molecule has 0 aliphatic heterocycles. The molecule has 2 rings (SSSR count). The highest BCUT2D eigenvalue weighted by atomic mass is 14.9. The highest BCUT2D eigenvalue weighted by molar-refractivity contribution is 5.30. The van der Waals surface area contributed by atoms with Crippen molar-refractivity contribution in [2.45, 2.75) is 39.5 Å². The molecule has 2 heteroatoms. The van der Waals surface area contributed by atoms with Gasteiger partial charge in [0.2, 0.25) is 0 Å². The fourth-order valence-corrected chi connectivity index (χ4v) is 3.17. The van der Waals surface area contributed by atoms with Crippen LogP contribution in [-0.2, 0) is 6.42 Å². The van der Waals surface area contributed by atoms with Crippen LogP contribution in [0, 0.1) is 19.3 Å². The molecule has 19 heavy (non-hydrogen) atoms. The predicted molar refractivity (Wildman–Crippen MR) is 82.7 cm³/mol. The number of rotatable bonds is 7. The first kappa shape index (κ1) is 14.5. The Morgan fingerprint density at radius 2 is 1.95 bits per heavy atom. The van der Waals surface area contributed by atoms with Gasteiger partial charge in [-0.3, -0.25) is 0 Å². The summed E-state index contributed by atoms with van der Waals surface area (Å²) in [5.74, 6) is 0. The molecule has 1 aliphatic rings. The lowest BCUT2D eigenvalue weighted by Gasteiger charge is -2.42. The van der Waals surface area contributed by atoms with Crippen molar-refractivity contribution >= 4 is 0 Å². The molecule has 0 saturated heterocycles. The molecule has 2 N–H and O–H groups in total. The standard InChI is InChI=1S/C17H28N2/c1-14-5-6-16(15(2)11-14)7-10-19-13-17(12-18-3)8-4-9-17/h5-6,11,18-19H,4,7-10,12-13H2,1-3H3. The minimum absolute atomic E-state index is 0.539. The molecule has 2 nitrogen and oxygen atoms in total. The van der Waals surface area contributed by atoms with Gasteiger partial charge in [-0.25, -0.2) is 0 Å². The average molecular weight is 260 g/mol. The van der Waals surface area contributed by atoms with Crippen molar-refractivity contribution in [1.29, 1.82) is 0 Å². The summed E-state index contributed by atoms with van der Waals surface area (Å²) in [6.07, 6.45) is 5.30. The Morgan fingerprint density at radius 1 is 1.16 bits per heavy atom. The Morgan fingerprint density at radius 3 is 2.53 bits per heavy atom. The SMILES string of the molecule is CNCC1(CNCCc2ccc(C)cc2C)CCC1. The zero-order chi connectivity index (χ0) is 13.7. The molecule has 1 saturated carbocycles. The van der Waals surface area contributed by atoms with Crippen LogP contribution in [0.3, 0.4) is 0 Å². The van der Waals surface area contributed by atoms with Crippen LogP contribution in [-0.4, -0.2) is 26.7 Å². The van der Waals surface area contributed by atoms with Gasteiger partial charge in [0.15, 0.2) is 0 Å². The summed E-state index contributed by atoms with van der Waals surface area (Å²) < 4.78 is 0. The van der Waals surface area contributed by atoms with Crippen molar-refractivity contribution in [3.05, 3.63) is 34.9 Å². The van der Waals surface area contributed by atoms with Gasteiger partial charge in [-0.05, 0) is 63.2 Å². The van der Waals surface area contributed by atoms with Crippen molar-refractivity contribution in [2.24, 2.45) is 5.41 Å². The normalized spacial score (nSPS) is 17.2. The van der Waals surface area contributed by atoms with Gasteiger partial charge in [0.1, 0.15) is 0 Å². The minimum atomic E-state index is 0.539. The largest absolute Gasteiger partial charge is 0.319 e. The van der Waals surface area contributed by atoms with Crippen LogP contribution in [0.25, 0.3) is 0 Å². The summed E-state index contributed by atoms with van der Waals surface area (Å²) in [6, 6.07) is 6.78. The smallest absolute Gasteiger partial charge is 0.00201 e. The minimum Gasteiger partial charge on any atom is -0.319 e. The first-order valence-corrected chi connectivity index (χ1v) is 7.57. The monoisotopic (exact) mass is 260 g/mol. The van der Waals surface area contributed by atoms with E-state index in [0.717, 1.165) is 19.5 Å². The van der Waals surface area contributed by atoms with Gasteiger partial charge < -0.3 is 10.6 Å². The lowest BCUT2D eigenvalue weighted by atomic mass is 9.68. The van der Waals surface area contributed by atoms with Gasteiger partial charge >= 0.3 is 0 Å². The summed E-state index contributed by atoms with van der Waals surface area (Å²) in [6.45, 7) is 7.79. The van der Waals surface area contributed by atoms with Crippen LogP contribution < -0.4 is 10.6 Å². The molecule has 0 bridgehead atoms. The molecule has 1 aromatic rings. The van der Waals surface area contributed by atoms with Gasteiger partial charge in [-0.2, -0.15) is 0 Å². The van der Waals surface area contributed by atoms with E-state index < -0.39 is 0 Å². The van der Waals surface area contributed by atoms with Gasteiger partial charge in [0.05, 0.1) is 0 Å². The van der Waals surface area contributed by atoms with Crippen molar-refractivity contribution < 1.29 is 0 Å². The summed E-state index contributed by atoms with van der Waals surface area (Å²) >= 11 is 0. The predicted octanol–water partition coefficient (Wildman–Crippen LogP) is 2.83. The summed E-state index contributed by atoms with van der Waals surface area (Å²) in [4.78, 5) is 0. The van der Waals surface area contributed by atoms with E-state index in [4.69, 9.17) is 0 Å². The fourth-order valence-electron chi connectivity index (χ4n) is 3.17. The second kappa shape index (κ2) is 6.53. The third-order valence-corrected chi connectivity index (χ3v) is 4.54. The fraction of sp³-hybridized carbons (Fsp3) is 0.647. The Bertz CT molecular complexity index is 408. The zero-order valence-corrected chi connectivity index (χ0v) is 12.7. The number of nitrogens with one attached hydrogen (secondary N) is 2. The quantitative estimate of drug-likeness (QED) is 0.737. The van der Waals surface area contributed by atoms with Crippen molar-refractivity contribution in [3.63, 3.8) is 0 Å². The van der Waals surface area contributed by atoms with Crippen LogP contribution in [0.5, 0.6) is 0 Å². The Hall–Kier alpha value is -0.860. The summed E-state index contributed by atoms with van der Waals surface area (Å²) in [5.41, 5.74) is 4.80. The lowest BCUT2D eigenvalue weighted by molar-refractivity contribution is 0.131. The second-order valence-electron chi connectivity index (χ2n) is 6.24. The third-order valence-electron chi connectivity index (χ3n) is 4.54. The molecule has 0 unspecified atom stereocenters. The molecule has 0 radical (unpaired) electrons. The number of benzene rings is 1. The third kappa shape index (κ3) is 3.80. The Balaban J connectivity index is 1.74. The molecule has 0 heterocycles. The van der Waals surface area contributed by atoms with E-state index >= 15 is 0 Å². The topological polar surface area (TPSA) is 24.1 Å². The van der Waals surface area contributed by atoms with Crippen LogP contribution in [0.1, 0.15) is 36.0 Å². The molecular weight excluding hydrogens is 232 g/mol. The van der Waals surface area contributed by atoms with Crippen molar-refractivity contribution in [3.8, 4) is 0 Å². The maximum absolute atomic E-state index is 3.66. The number of hydrogen-bond acceptors (Lipinski definition) is 2. The Labute approximate surface area is 118 Å². The first-order chi connectivity index (χ1) is 9.15. The van der Waals surface area contributed by atoms with Gasteiger partial charge in [0.25, 0.3) is 0 Å². The van der Waals surface area contributed by atoms with Crippen LogP contribution in [0.15, 0.2) is 18.2 Å². The molecular formula is C17H28N2. The summed E-state index contributed by atoms with van der Waals surface area (Å²) in [5, 5.41) is 7.01.